The predicted octanol–water partition coefficient (Wildman–Crippen LogP) is 2.48. The molecular weight excluding hydrogens is 200 g/mol. The number of hydrogen-bond acceptors (Lipinski definition) is 2. The molecular formula is C11H11ClO2. The number of methoxy groups -OCH3 is 1. The molecule has 0 aliphatic carbocycles. The topological polar surface area (TPSA) is 26.3 Å². The van der Waals surface area contributed by atoms with E-state index in [9.17, 15) is 4.79 Å². The molecule has 0 aromatic heterocycles. The highest BCUT2D eigenvalue weighted by atomic mass is 35.5. The average molecular weight is 211 g/mol. The molecule has 0 heterocycles. The fraction of sp³-hybridized carbons (Fsp3) is 0.182. The quantitative estimate of drug-likeness (QED) is 0.566. The molecule has 0 fully saturated rings. The van der Waals surface area contributed by atoms with Crippen molar-refractivity contribution in [3.05, 3.63) is 42.0 Å². The molecule has 1 rings (SSSR count). The van der Waals surface area contributed by atoms with E-state index in [0.717, 1.165) is 5.56 Å². The van der Waals surface area contributed by atoms with Gasteiger partial charge in [0.2, 0.25) is 0 Å². The van der Waals surface area contributed by atoms with Gasteiger partial charge in [0.15, 0.2) is 0 Å². The monoisotopic (exact) mass is 210 g/mol. The minimum absolute atomic E-state index is 0.446. The van der Waals surface area contributed by atoms with Crippen molar-refractivity contribution in [3.8, 4) is 0 Å². The summed E-state index contributed by atoms with van der Waals surface area (Å²) < 4.78 is 4.48. The molecule has 3 heteroatoms. The lowest BCUT2D eigenvalue weighted by atomic mass is 10.2. The first-order chi connectivity index (χ1) is 6.74. The zero-order valence-corrected chi connectivity index (χ0v) is 8.57. The van der Waals surface area contributed by atoms with Crippen molar-refractivity contribution in [1.29, 1.82) is 0 Å². The van der Waals surface area contributed by atoms with Gasteiger partial charge >= 0.3 is 5.97 Å². The minimum atomic E-state index is -0.722. The Balaban J connectivity index is 2.60. The van der Waals surface area contributed by atoms with Gasteiger partial charge in [-0.15, -0.1) is 11.6 Å². The van der Waals surface area contributed by atoms with Crippen LogP contribution in [0.25, 0.3) is 6.08 Å². The van der Waals surface area contributed by atoms with E-state index in [1.165, 1.54) is 7.11 Å². The highest BCUT2D eigenvalue weighted by Crippen LogP contribution is 2.06. The molecule has 0 N–H and O–H groups in total. The highest BCUT2D eigenvalue weighted by Gasteiger charge is 2.10. The van der Waals surface area contributed by atoms with Gasteiger partial charge in [0.05, 0.1) is 7.11 Å². The maximum atomic E-state index is 10.9. The van der Waals surface area contributed by atoms with Crippen LogP contribution in [0.2, 0.25) is 0 Å². The van der Waals surface area contributed by atoms with Gasteiger partial charge in [-0.1, -0.05) is 42.5 Å². The van der Waals surface area contributed by atoms with Crippen molar-refractivity contribution < 1.29 is 9.53 Å². The summed E-state index contributed by atoms with van der Waals surface area (Å²) in [5, 5.41) is -0.722. The Morgan fingerprint density at radius 1 is 1.43 bits per heavy atom. The van der Waals surface area contributed by atoms with E-state index in [1.807, 2.05) is 30.3 Å². The van der Waals surface area contributed by atoms with E-state index in [4.69, 9.17) is 11.6 Å². The second-order valence-electron chi connectivity index (χ2n) is 2.69. The van der Waals surface area contributed by atoms with Gasteiger partial charge in [-0.05, 0) is 5.56 Å². The van der Waals surface area contributed by atoms with Crippen molar-refractivity contribution in [3.63, 3.8) is 0 Å². The summed E-state index contributed by atoms with van der Waals surface area (Å²) in [5.74, 6) is -0.446. The van der Waals surface area contributed by atoms with Gasteiger partial charge < -0.3 is 4.74 Å². The summed E-state index contributed by atoms with van der Waals surface area (Å²) in [6.45, 7) is 0. The molecule has 74 valence electrons. The van der Waals surface area contributed by atoms with E-state index >= 15 is 0 Å². The normalized spacial score (nSPS) is 12.7. The van der Waals surface area contributed by atoms with Crippen molar-refractivity contribution in [2.75, 3.05) is 7.11 Å². The number of ether oxygens (including phenoxy) is 1. The van der Waals surface area contributed by atoms with Crippen LogP contribution in [0.1, 0.15) is 5.56 Å². The first kappa shape index (κ1) is 10.8. The molecule has 0 aliphatic heterocycles. The molecule has 2 nitrogen and oxygen atoms in total. The molecule has 0 aliphatic rings. The zero-order valence-electron chi connectivity index (χ0n) is 7.81. The number of alkyl halides is 1. The van der Waals surface area contributed by atoms with Gasteiger partial charge in [0.25, 0.3) is 0 Å². The van der Waals surface area contributed by atoms with Crippen LogP contribution in [0.15, 0.2) is 36.4 Å². The molecule has 0 saturated carbocycles. The molecule has 0 radical (unpaired) electrons. The number of halogens is 1. The van der Waals surface area contributed by atoms with E-state index in [-0.39, 0.29) is 0 Å². The van der Waals surface area contributed by atoms with Crippen molar-refractivity contribution in [2.45, 2.75) is 5.38 Å². The Morgan fingerprint density at radius 3 is 2.64 bits per heavy atom. The summed E-state index contributed by atoms with van der Waals surface area (Å²) in [4.78, 5) is 10.9. The minimum Gasteiger partial charge on any atom is -0.468 e. The van der Waals surface area contributed by atoms with E-state index in [1.54, 1.807) is 12.2 Å². The standard InChI is InChI=1S/C11H11ClO2/c1-14-11(13)10(12)8-7-9-5-3-2-4-6-9/h2-8,10H,1H3. The largest absolute Gasteiger partial charge is 0.468 e. The maximum absolute atomic E-state index is 10.9. The number of rotatable bonds is 3. The molecule has 0 saturated heterocycles. The van der Waals surface area contributed by atoms with Crippen molar-refractivity contribution in [1.82, 2.24) is 0 Å². The Hall–Kier alpha value is -1.28. The summed E-state index contributed by atoms with van der Waals surface area (Å²) in [6.07, 6.45) is 3.39. The van der Waals surface area contributed by atoms with Gasteiger partial charge in [-0.3, -0.25) is 4.79 Å². The fourth-order valence-corrected chi connectivity index (χ4v) is 1.11. The van der Waals surface area contributed by atoms with Gasteiger partial charge in [-0.2, -0.15) is 0 Å². The Morgan fingerprint density at radius 2 is 2.07 bits per heavy atom. The van der Waals surface area contributed by atoms with Crippen LogP contribution in [0.5, 0.6) is 0 Å². The second-order valence-corrected chi connectivity index (χ2v) is 3.16. The van der Waals surface area contributed by atoms with Gasteiger partial charge in [-0.25, -0.2) is 0 Å². The third kappa shape index (κ3) is 3.23. The maximum Gasteiger partial charge on any atom is 0.327 e. The van der Waals surface area contributed by atoms with Crippen molar-refractivity contribution >= 4 is 23.6 Å². The zero-order chi connectivity index (χ0) is 10.4. The highest BCUT2D eigenvalue weighted by molar-refractivity contribution is 6.31. The molecule has 1 aromatic rings. The average Bonchev–Trinajstić information content (AvgIpc) is 2.26. The van der Waals surface area contributed by atoms with Gasteiger partial charge in [0, 0.05) is 0 Å². The van der Waals surface area contributed by atoms with E-state index in [0.29, 0.717) is 0 Å². The SMILES string of the molecule is COC(=O)C(Cl)C=Cc1ccccc1. The first-order valence-electron chi connectivity index (χ1n) is 4.19. The molecule has 14 heavy (non-hydrogen) atoms. The van der Waals surface area contributed by atoms with Crippen LogP contribution < -0.4 is 0 Å². The Bertz CT molecular complexity index is 319. The smallest absolute Gasteiger partial charge is 0.327 e. The van der Waals surface area contributed by atoms with Crippen LogP contribution >= 0.6 is 11.6 Å². The third-order valence-electron chi connectivity index (χ3n) is 1.68. The molecule has 0 amide bonds. The summed E-state index contributed by atoms with van der Waals surface area (Å²) in [6, 6.07) is 9.62. The molecule has 1 atom stereocenters. The predicted molar refractivity (Wildman–Crippen MR) is 57.1 cm³/mol. The molecule has 0 bridgehead atoms. The van der Waals surface area contributed by atoms with Crippen LogP contribution in [0.4, 0.5) is 0 Å². The van der Waals surface area contributed by atoms with Crippen LogP contribution in [-0.2, 0) is 9.53 Å². The number of carbonyl (C=O) groups is 1. The fourth-order valence-electron chi connectivity index (χ4n) is 0.951. The van der Waals surface area contributed by atoms with E-state index < -0.39 is 11.3 Å². The first-order valence-corrected chi connectivity index (χ1v) is 4.63. The number of carbonyl (C=O) groups excluding carboxylic acids is 1. The van der Waals surface area contributed by atoms with Gasteiger partial charge in [0.1, 0.15) is 5.38 Å². The summed E-state index contributed by atoms with van der Waals surface area (Å²) in [5.41, 5.74) is 1.00. The lowest BCUT2D eigenvalue weighted by molar-refractivity contribution is -0.139. The third-order valence-corrected chi connectivity index (χ3v) is 2.01. The molecule has 1 unspecified atom stereocenters. The van der Waals surface area contributed by atoms with Crippen LogP contribution in [0, 0.1) is 0 Å². The van der Waals surface area contributed by atoms with E-state index in [2.05, 4.69) is 4.74 Å². The number of hydrogen-bond donors (Lipinski definition) is 0. The lowest BCUT2D eigenvalue weighted by Crippen LogP contribution is -2.12. The lowest BCUT2D eigenvalue weighted by Gasteiger charge is -2.00. The summed E-state index contributed by atoms with van der Waals surface area (Å²) >= 11 is 5.72. The summed E-state index contributed by atoms with van der Waals surface area (Å²) in [7, 11) is 1.31. The Kier molecular flexibility index (Phi) is 4.20. The number of benzene rings is 1. The van der Waals surface area contributed by atoms with Crippen molar-refractivity contribution in [2.24, 2.45) is 0 Å². The molecule has 1 aromatic carbocycles. The number of esters is 1. The Labute approximate surface area is 88.1 Å². The molecule has 0 spiro atoms. The van der Waals surface area contributed by atoms with Crippen LogP contribution in [-0.4, -0.2) is 18.5 Å². The van der Waals surface area contributed by atoms with Crippen LogP contribution in [0.3, 0.4) is 0 Å². The second kappa shape index (κ2) is 5.45.